The van der Waals surface area contributed by atoms with Crippen LogP contribution in [0, 0.1) is 11.3 Å². The number of aromatic hydroxyl groups is 1. The zero-order valence-electron chi connectivity index (χ0n) is 11.0. The van der Waals surface area contributed by atoms with E-state index < -0.39 is 23.4 Å². The third kappa shape index (κ3) is 3.35. The molecule has 0 saturated carbocycles. The smallest absolute Gasteiger partial charge is 0.416 e. The Kier molecular flexibility index (Phi) is 4.04. The molecular weight excluding hydrogens is 297 g/mol. The molecule has 1 amide bonds. The van der Waals surface area contributed by atoms with Gasteiger partial charge in [0.05, 0.1) is 22.8 Å². The Labute approximate surface area is 123 Å². The first-order valence-electron chi connectivity index (χ1n) is 6.03. The lowest BCUT2D eigenvalue weighted by Gasteiger charge is -2.10. The van der Waals surface area contributed by atoms with E-state index >= 15 is 0 Å². The molecule has 0 fully saturated rings. The highest BCUT2D eigenvalue weighted by atomic mass is 19.4. The molecule has 0 spiro atoms. The summed E-state index contributed by atoms with van der Waals surface area (Å²) in [6.45, 7) is 0. The fourth-order valence-corrected chi connectivity index (χ4v) is 1.73. The molecule has 112 valence electrons. The summed E-state index contributed by atoms with van der Waals surface area (Å²) in [6, 6.07) is 9.91. The lowest BCUT2D eigenvalue weighted by molar-refractivity contribution is -0.137. The Balaban J connectivity index is 2.21. The Morgan fingerprint density at radius 2 is 1.77 bits per heavy atom. The molecule has 0 bridgehead atoms. The fourth-order valence-electron chi connectivity index (χ4n) is 1.73. The summed E-state index contributed by atoms with van der Waals surface area (Å²) in [5.41, 5.74) is -0.573. The Morgan fingerprint density at radius 3 is 2.27 bits per heavy atom. The average Bonchev–Trinajstić information content (AvgIpc) is 2.46. The minimum absolute atomic E-state index is 0.280. The lowest BCUT2D eigenvalue weighted by Crippen LogP contribution is -2.13. The summed E-state index contributed by atoms with van der Waals surface area (Å²) in [7, 11) is 0. The molecule has 2 N–H and O–H groups in total. The highest BCUT2D eigenvalue weighted by Crippen LogP contribution is 2.32. The number of nitrogens with one attached hydrogen (secondary N) is 1. The maximum atomic E-state index is 12.5. The molecule has 0 aliphatic rings. The van der Waals surface area contributed by atoms with Crippen molar-refractivity contribution in [3.8, 4) is 11.8 Å². The van der Waals surface area contributed by atoms with Crippen molar-refractivity contribution in [2.24, 2.45) is 0 Å². The van der Waals surface area contributed by atoms with Crippen LogP contribution in [0.5, 0.6) is 5.75 Å². The van der Waals surface area contributed by atoms with Gasteiger partial charge in [0.2, 0.25) is 0 Å². The molecule has 0 aromatic heterocycles. The first kappa shape index (κ1) is 15.4. The topological polar surface area (TPSA) is 73.1 Å². The summed E-state index contributed by atoms with van der Waals surface area (Å²) >= 11 is 0. The molecule has 22 heavy (non-hydrogen) atoms. The Morgan fingerprint density at radius 1 is 1.14 bits per heavy atom. The monoisotopic (exact) mass is 306 g/mol. The summed E-state index contributed by atoms with van der Waals surface area (Å²) < 4.78 is 37.4. The number of benzene rings is 2. The second kappa shape index (κ2) is 5.77. The third-order valence-electron chi connectivity index (χ3n) is 2.84. The number of hydrogen-bond acceptors (Lipinski definition) is 3. The van der Waals surface area contributed by atoms with Gasteiger partial charge >= 0.3 is 6.18 Å². The van der Waals surface area contributed by atoms with Crippen molar-refractivity contribution in [2.45, 2.75) is 6.18 Å². The summed E-state index contributed by atoms with van der Waals surface area (Å²) in [5, 5.41) is 20.7. The average molecular weight is 306 g/mol. The van der Waals surface area contributed by atoms with Crippen LogP contribution in [-0.2, 0) is 6.18 Å². The van der Waals surface area contributed by atoms with Crippen LogP contribution in [0.3, 0.4) is 0 Å². The number of amides is 1. The van der Waals surface area contributed by atoms with E-state index in [1.54, 1.807) is 0 Å². The predicted molar refractivity (Wildman–Crippen MR) is 72.2 cm³/mol. The van der Waals surface area contributed by atoms with Crippen LogP contribution in [0.4, 0.5) is 18.9 Å². The van der Waals surface area contributed by atoms with Crippen molar-refractivity contribution in [3.05, 3.63) is 59.2 Å². The molecule has 7 heteroatoms. The van der Waals surface area contributed by atoms with Crippen molar-refractivity contribution < 1.29 is 23.1 Å². The SMILES string of the molecule is N#Cc1ccc(NC(=O)c2ccc(C(F)(F)F)cc2O)cc1. The van der Waals surface area contributed by atoms with Crippen LogP contribution in [0.1, 0.15) is 21.5 Å². The zero-order chi connectivity index (χ0) is 16.3. The number of nitriles is 1. The van der Waals surface area contributed by atoms with E-state index in [1.807, 2.05) is 6.07 Å². The van der Waals surface area contributed by atoms with Gasteiger partial charge in [0, 0.05) is 5.69 Å². The summed E-state index contributed by atoms with van der Waals surface area (Å²) in [6.07, 6.45) is -4.60. The van der Waals surface area contributed by atoms with Crippen LogP contribution >= 0.6 is 0 Å². The van der Waals surface area contributed by atoms with Crippen molar-refractivity contribution in [1.29, 1.82) is 5.26 Å². The van der Waals surface area contributed by atoms with Crippen LogP contribution in [0.25, 0.3) is 0 Å². The summed E-state index contributed by atoms with van der Waals surface area (Å²) in [5.74, 6) is -1.52. The van der Waals surface area contributed by atoms with E-state index in [1.165, 1.54) is 24.3 Å². The second-order valence-electron chi connectivity index (χ2n) is 4.37. The normalized spacial score (nSPS) is 10.8. The third-order valence-corrected chi connectivity index (χ3v) is 2.84. The molecule has 0 aliphatic heterocycles. The van der Waals surface area contributed by atoms with Gasteiger partial charge in [0.1, 0.15) is 5.75 Å². The molecular formula is C15H9F3N2O2. The minimum Gasteiger partial charge on any atom is -0.507 e. The number of anilines is 1. The molecule has 0 atom stereocenters. The van der Waals surface area contributed by atoms with Gasteiger partial charge in [-0.1, -0.05) is 0 Å². The van der Waals surface area contributed by atoms with E-state index in [-0.39, 0.29) is 5.56 Å². The molecule has 0 aliphatic carbocycles. The van der Waals surface area contributed by atoms with Gasteiger partial charge in [0.25, 0.3) is 5.91 Å². The van der Waals surface area contributed by atoms with Gasteiger partial charge in [-0.05, 0) is 42.5 Å². The number of hydrogen-bond donors (Lipinski definition) is 2. The fraction of sp³-hybridized carbons (Fsp3) is 0.0667. The largest absolute Gasteiger partial charge is 0.507 e. The molecule has 2 aromatic rings. The van der Waals surface area contributed by atoms with Crippen molar-refractivity contribution >= 4 is 11.6 Å². The van der Waals surface area contributed by atoms with Crippen LogP contribution in [0.15, 0.2) is 42.5 Å². The molecule has 0 saturated heterocycles. The standard InChI is InChI=1S/C15H9F3N2O2/c16-15(17,18)10-3-6-12(13(21)7-10)14(22)20-11-4-1-9(8-19)2-5-11/h1-7,21H,(H,20,22). The van der Waals surface area contributed by atoms with Crippen molar-refractivity contribution in [3.63, 3.8) is 0 Å². The zero-order valence-corrected chi connectivity index (χ0v) is 11.0. The van der Waals surface area contributed by atoms with Crippen molar-refractivity contribution in [2.75, 3.05) is 5.32 Å². The van der Waals surface area contributed by atoms with Gasteiger partial charge in [-0.15, -0.1) is 0 Å². The van der Waals surface area contributed by atoms with E-state index in [9.17, 15) is 23.1 Å². The number of rotatable bonds is 2. The van der Waals surface area contributed by atoms with Gasteiger partial charge in [-0.25, -0.2) is 0 Å². The molecule has 0 heterocycles. The van der Waals surface area contributed by atoms with E-state index in [0.29, 0.717) is 23.4 Å². The van der Waals surface area contributed by atoms with E-state index in [0.717, 1.165) is 6.07 Å². The first-order chi connectivity index (χ1) is 10.3. The lowest BCUT2D eigenvalue weighted by atomic mass is 10.1. The first-order valence-corrected chi connectivity index (χ1v) is 6.03. The van der Waals surface area contributed by atoms with Crippen LogP contribution in [0.2, 0.25) is 0 Å². The number of halogens is 3. The highest BCUT2D eigenvalue weighted by molar-refractivity contribution is 6.06. The van der Waals surface area contributed by atoms with Crippen LogP contribution < -0.4 is 5.32 Å². The maximum Gasteiger partial charge on any atom is 0.416 e. The number of carbonyl (C=O) groups is 1. The maximum absolute atomic E-state index is 12.5. The molecule has 2 rings (SSSR count). The molecule has 4 nitrogen and oxygen atoms in total. The molecule has 0 unspecified atom stereocenters. The number of carbonyl (C=O) groups excluding carboxylic acids is 1. The highest BCUT2D eigenvalue weighted by Gasteiger charge is 2.31. The number of nitrogens with zero attached hydrogens (tertiary/aromatic N) is 1. The van der Waals surface area contributed by atoms with Gasteiger partial charge in [-0.2, -0.15) is 18.4 Å². The van der Waals surface area contributed by atoms with Gasteiger partial charge in [-0.3, -0.25) is 4.79 Å². The Hall–Kier alpha value is -3.01. The molecule has 0 radical (unpaired) electrons. The quantitative estimate of drug-likeness (QED) is 0.891. The van der Waals surface area contributed by atoms with Gasteiger partial charge < -0.3 is 10.4 Å². The van der Waals surface area contributed by atoms with Crippen LogP contribution in [-0.4, -0.2) is 11.0 Å². The molecule has 2 aromatic carbocycles. The van der Waals surface area contributed by atoms with Crippen molar-refractivity contribution in [1.82, 2.24) is 0 Å². The van der Waals surface area contributed by atoms with E-state index in [4.69, 9.17) is 5.26 Å². The minimum atomic E-state index is -4.60. The van der Waals surface area contributed by atoms with E-state index in [2.05, 4.69) is 5.32 Å². The second-order valence-corrected chi connectivity index (χ2v) is 4.37. The number of phenolic OH excluding ortho intramolecular Hbond substituents is 1. The number of alkyl halides is 3. The Bertz CT molecular complexity index is 747. The summed E-state index contributed by atoms with van der Waals surface area (Å²) in [4.78, 5) is 11.9. The number of phenols is 1. The predicted octanol–water partition coefficient (Wildman–Crippen LogP) is 3.53. The van der Waals surface area contributed by atoms with Gasteiger partial charge in [0.15, 0.2) is 0 Å².